The molecule has 4 N–H and O–H groups in total. The van der Waals surface area contributed by atoms with Gasteiger partial charge in [0.25, 0.3) is 5.91 Å². The van der Waals surface area contributed by atoms with Gasteiger partial charge in [-0.3, -0.25) is 15.0 Å². The van der Waals surface area contributed by atoms with Crippen molar-refractivity contribution in [1.29, 1.82) is 0 Å². The van der Waals surface area contributed by atoms with Gasteiger partial charge in [0.2, 0.25) is 11.7 Å². The second-order valence-electron chi connectivity index (χ2n) is 5.29. The highest BCUT2D eigenvalue weighted by Crippen LogP contribution is 2.27. The zero-order chi connectivity index (χ0) is 15.5. The molecule has 0 saturated heterocycles. The summed E-state index contributed by atoms with van der Waals surface area (Å²) in [5.41, 5.74) is 3.61. The minimum atomic E-state index is -0.328. The van der Waals surface area contributed by atoms with Crippen molar-refractivity contribution in [3.05, 3.63) is 42.2 Å². The van der Waals surface area contributed by atoms with E-state index in [1.165, 1.54) is 0 Å². The quantitative estimate of drug-likeness (QED) is 0.440. The van der Waals surface area contributed by atoms with E-state index in [9.17, 15) is 9.59 Å². The number of hydrogen-bond donors (Lipinski definition) is 3. The topological polar surface area (TPSA) is 110 Å². The molecule has 0 bridgehead atoms. The molecule has 2 amide bonds. The summed E-state index contributed by atoms with van der Waals surface area (Å²) in [7, 11) is 0. The van der Waals surface area contributed by atoms with Gasteiger partial charge in [0.15, 0.2) is 0 Å². The van der Waals surface area contributed by atoms with Crippen molar-refractivity contribution >= 4 is 11.8 Å². The number of benzene rings is 1. The first-order chi connectivity index (χ1) is 10.7. The fourth-order valence-electron chi connectivity index (χ4n) is 2.45. The van der Waals surface area contributed by atoms with Crippen LogP contribution in [-0.2, 0) is 4.79 Å². The van der Waals surface area contributed by atoms with Gasteiger partial charge in [-0.2, -0.15) is 0 Å². The summed E-state index contributed by atoms with van der Waals surface area (Å²) in [4.78, 5) is 23.3. The highest BCUT2D eigenvalue weighted by atomic mass is 16.5. The number of carbonyl (C=O) groups is 2. The first-order valence-corrected chi connectivity index (χ1v) is 7.01. The van der Waals surface area contributed by atoms with Crippen LogP contribution in [0.15, 0.2) is 40.9 Å². The molecule has 3 rings (SSSR count). The molecule has 1 aromatic carbocycles. The highest BCUT2D eigenvalue weighted by Gasteiger charge is 2.35. The lowest BCUT2D eigenvalue weighted by Crippen LogP contribution is -2.50. The number of hydrazine groups is 1. The second-order valence-corrected chi connectivity index (χ2v) is 5.29. The van der Waals surface area contributed by atoms with E-state index < -0.39 is 0 Å². The van der Waals surface area contributed by atoms with Gasteiger partial charge >= 0.3 is 0 Å². The zero-order valence-electron chi connectivity index (χ0n) is 11.8. The fourth-order valence-corrected chi connectivity index (χ4v) is 2.45. The molecule has 1 aliphatic carbocycles. The maximum atomic E-state index is 12.1. The Morgan fingerprint density at radius 3 is 2.64 bits per heavy atom. The lowest BCUT2D eigenvalue weighted by molar-refractivity contribution is -0.128. The molecule has 7 heteroatoms. The SMILES string of the molecule is NNC(=O)C1CC(NC(=O)c2cc(-c3ccccc3)no2)C1. The number of nitrogens with two attached hydrogens (primary N) is 1. The van der Waals surface area contributed by atoms with Crippen LogP contribution < -0.4 is 16.6 Å². The third-order valence-corrected chi connectivity index (χ3v) is 3.79. The van der Waals surface area contributed by atoms with Crippen LogP contribution in [0, 0.1) is 5.92 Å². The van der Waals surface area contributed by atoms with Gasteiger partial charge in [-0.05, 0) is 12.8 Å². The Kier molecular flexibility index (Phi) is 3.88. The largest absolute Gasteiger partial charge is 0.350 e. The summed E-state index contributed by atoms with van der Waals surface area (Å²) < 4.78 is 5.08. The smallest absolute Gasteiger partial charge is 0.290 e. The summed E-state index contributed by atoms with van der Waals surface area (Å²) in [6.45, 7) is 0. The summed E-state index contributed by atoms with van der Waals surface area (Å²) in [6, 6.07) is 11.0. The van der Waals surface area contributed by atoms with Crippen LogP contribution in [0.4, 0.5) is 0 Å². The summed E-state index contributed by atoms with van der Waals surface area (Å²) in [5, 5.41) is 6.71. The van der Waals surface area contributed by atoms with Gasteiger partial charge in [0.1, 0.15) is 5.69 Å². The minimum absolute atomic E-state index is 0.0416. The van der Waals surface area contributed by atoms with Crippen LogP contribution in [-0.4, -0.2) is 23.0 Å². The molecule has 114 valence electrons. The molecular weight excluding hydrogens is 284 g/mol. The van der Waals surface area contributed by atoms with E-state index in [2.05, 4.69) is 15.9 Å². The standard InChI is InChI=1S/C15H16N4O3/c16-18-14(20)10-6-11(7-10)17-15(21)13-8-12(19-22-13)9-4-2-1-3-5-9/h1-5,8,10-11H,6-7,16H2,(H,17,21)(H,18,20). The van der Waals surface area contributed by atoms with Crippen LogP contribution in [0.3, 0.4) is 0 Å². The van der Waals surface area contributed by atoms with Crippen molar-refractivity contribution < 1.29 is 14.1 Å². The minimum Gasteiger partial charge on any atom is -0.350 e. The van der Waals surface area contributed by atoms with E-state index in [0.29, 0.717) is 18.5 Å². The number of amides is 2. The van der Waals surface area contributed by atoms with Gasteiger partial charge < -0.3 is 9.84 Å². The molecule has 1 fully saturated rings. The fraction of sp³-hybridized carbons (Fsp3) is 0.267. The van der Waals surface area contributed by atoms with E-state index in [1.54, 1.807) is 6.07 Å². The van der Waals surface area contributed by atoms with E-state index >= 15 is 0 Å². The number of nitrogens with one attached hydrogen (secondary N) is 2. The molecule has 0 spiro atoms. The summed E-state index contributed by atoms with van der Waals surface area (Å²) in [5.74, 6) is 4.57. The van der Waals surface area contributed by atoms with E-state index in [0.717, 1.165) is 5.56 Å². The molecule has 22 heavy (non-hydrogen) atoms. The first kappa shape index (κ1) is 14.3. The molecule has 1 saturated carbocycles. The Morgan fingerprint density at radius 1 is 1.23 bits per heavy atom. The van der Waals surface area contributed by atoms with Crippen molar-refractivity contribution in [2.75, 3.05) is 0 Å². The molecule has 1 aliphatic rings. The van der Waals surface area contributed by atoms with E-state index in [1.807, 2.05) is 30.3 Å². The molecule has 0 unspecified atom stereocenters. The maximum absolute atomic E-state index is 12.1. The summed E-state index contributed by atoms with van der Waals surface area (Å²) in [6.07, 6.45) is 1.16. The average molecular weight is 300 g/mol. The van der Waals surface area contributed by atoms with Crippen LogP contribution in [0.25, 0.3) is 11.3 Å². The normalized spacial score (nSPS) is 20.0. The number of nitrogens with zero attached hydrogens (tertiary/aromatic N) is 1. The van der Waals surface area contributed by atoms with Crippen LogP contribution in [0.1, 0.15) is 23.4 Å². The average Bonchev–Trinajstić information content (AvgIpc) is 3.00. The predicted molar refractivity (Wildman–Crippen MR) is 78.2 cm³/mol. The Hall–Kier alpha value is -2.67. The first-order valence-electron chi connectivity index (χ1n) is 7.01. The number of hydrogen-bond acceptors (Lipinski definition) is 5. The van der Waals surface area contributed by atoms with E-state index in [-0.39, 0.29) is 29.5 Å². The maximum Gasteiger partial charge on any atom is 0.290 e. The third kappa shape index (κ3) is 2.84. The van der Waals surface area contributed by atoms with Crippen molar-refractivity contribution in [1.82, 2.24) is 15.9 Å². The Balaban J connectivity index is 1.58. The Bertz CT molecular complexity index is 677. The number of carbonyl (C=O) groups excluding carboxylic acids is 2. The monoisotopic (exact) mass is 300 g/mol. The molecule has 0 aliphatic heterocycles. The van der Waals surface area contributed by atoms with Crippen molar-refractivity contribution in [2.24, 2.45) is 11.8 Å². The molecule has 2 aromatic rings. The number of rotatable bonds is 4. The van der Waals surface area contributed by atoms with Crippen LogP contribution >= 0.6 is 0 Å². The zero-order valence-corrected chi connectivity index (χ0v) is 11.8. The van der Waals surface area contributed by atoms with Crippen LogP contribution in [0.2, 0.25) is 0 Å². The highest BCUT2D eigenvalue weighted by molar-refractivity contribution is 5.92. The Morgan fingerprint density at radius 2 is 1.95 bits per heavy atom. The summed E-state index contributed by atoms with van der Waals surface area (Å²) >= 11 is 0. The lowest BCUT2D eigenvalue weighted by Gasteiger charge is -2.33. The molecule has 1 heterocycles. The number of aromatic nitrogens is 1. The molecular formula is C15H16N4O3. The lowest BCUT2D eigenvalue weighted by atomic mass is 9.79. The molecule has 7 nitrogen and oxygen atoms in total. The molecule has 0 atom stereocenters. The van der Waals surface area contributed by atoms with Crippen molar-refractivity contribution in [3.8, 4) is 11.3 Å². The van der Waals surface area contributed by atoms with Gasteiger partial charge in [-0.1, -0.05) is 35.5 Å². The van der Waals surface area contributed by atoms with E-state index in [4.69, 9.17) is 10.4 Å². The van der Waals surface area contributed by atoms with Gasteiger partial charge in [0.05, 0.1) is 0 Å². The second kappa shape index (κ2) is 5.98. The Labute approximate surface area is 126 Å². The van der Waals surface area contributed by atoms with Gasteiger partial charge in [-0.25, -0.2) is 5.84 Å². The predicted octanol–water partition coefficient (Wildman–Crippen LogP) is 0.840. The van der Waals surface area contributed by atoms with Crippen molar-refractivity contribution in [3.63, 3.8) is 0 Å². The third-order valence-electron chi connectivity index (χ3n) is 3.79. The van der Waals surface area contributed by atoms with Crippen LogP contribution in [0.5, 0.6) is 0 Å². The van der Waals surface area contributed by atoms with Gasteiger partial charge in [-0.15, -0.1) is 0 Å². The molecule has 0 radical (unpaired) electrons. The molecule has 1 aromatic heterocycles. The van der Waals surface area contributed by atoms with Crippen molar-refractivity contribution in [2.45, 2.75) is 18.9 Å². The van der Waals surface area contributed by atoms with Gasteiger partial charge in [0, 0.05) is 23.6 Å².